The number of carboxylic acid groups (broad SMARTS) is 1. The van der Waals surface area contributed by atoms with Gasteiger partial charge in [0.1, 0.15) is 5.75 Å². The fourth-order valence-electron chi connectivity index (χ4n) is 1.47. The minimum atomic E-state index is -1.40. The zero-order valence-electron chi connectivity index (χ0n) is 10.9. The van der Waals surface area contributed by atoms with E-state index in [1.807, 2.05) is 0 Å². The Morgan fingerprint density at radius 2 is 2.05 bits per heavy atom. The molecule has 20 heavy (non-hydrogen) atoms. The number of urea groups is 1. The highest BCUT2D eigenvalue weighted by atomic mass is 79.9. The standard InChI is InChI=1S/C12H15BrN2O5/c1-6(16)10(11(17)18)15-12(19)14-8-5-7(13)3-4-9(8)20-2/h3-6,10,16H,1-2H3,(H,17,18)(H2,14,15,19). The Bertz CT molecular complexity index is 507. The average Bonchev–Trinajstić information content (AvgIpc) is 2.35. The molecule has 2 amide bonds. The summed E-state index contributed by atoms with van der Waals surface area (Å²) < 4.78 is 5.79. The van der Waals surface area contributed by atoms with Crippen molar-refractivity contribution < 1.29 is 24.5 Å². The molecule has 2 unspecified atom stereocenters. The van der Waals surface area contributed by atoms with Gasteiger partial charge in [0, 0.05) is 4.47 Å². The first-order valence-corrected chi connectivity index (χ1v) is 6.46. The van der Waals surface area contributed by atoms with Crippen LogP contribution in [0.15, 0.2) is 22.7 Å². The number of anilines is 1. The Balaban J connectivity index is 2.80. The fourth-order valence-corrected chi connectivity index (χ4v) is 1.83. The molecule has 0 saturated heterocycles. The second-order valence-electron chi connectivity index (χ2n) is 4.00. The molecule has 0 heterocycles. The van der Waals surface area contributed by atoms with Gasteiger partial charge in [-0.05, 0) is 25.1 Å². The monoisotopic (exact) mass is 346 g/mol. The van der Waals surface area contributed by atoms with Crippen LogP contribution in [0.1, 0.15) is 6.92 Å². The van der Waals surface area contributed by atoms with Crippen LogP contribution in [0, 0.1) is 0 Å². The van der Waals surface area contributed by atoms with Crippen LogP contribution >= 0.6 is 15.9 Å². The molecule has 0 aliphatic rings. The van der Waals surface area contributed by atoms with Gasteiger partial charge in [0.05, 0.1) is 18.9 Å². The third-order valence-electron chi connectivity index (χ3n) is 2.44. The maximum atomic E-state index is 11.7. The van der Waals surface area contributed by atoms with Crippen LogP contribution in [0.5, 0.6) is 5.75 Å². The minimum absolute atomic E-state index is 0.370. The SMILES string of the molecule is COc1ccc(Br)cc1NC(=O)NC(C(=O)O)C(C)O. The largest absolute Gasteiger partial charge is 0.495 e. The zero-order valence-corrected chi connectivity index (χ0v) is 12.5. The summed E-state index contributed by atoms with van der Waals surface area (Å²) in [5.74, 6) is -0.899. The molecule has 0 aliphatic heterocycles. The maximum Gasteiger partial charge on any atom is 0.328 e. The van der Waals surface area contributed by atoms with Crippen molar-refractivity contribution in [1.29, 1.82) is 0 Å². The van der Waals surface area contributed by atoms with Gasteiger partial charge in [-0.3, -0.25) is 0 Å². The van der Waals surface area contributed by atoms with Crippen molar-refractivity contribution in [2.24, 2.45) is 0 Å². The van der Waals surface area contributed by atoms with E-state index in [1.54, 1.807) is 18.2 Å². The first-order valence-electron chi connectivity index (χ1n) is 5.67. The molecule has 0 spiro atoms. The molecule has 1 aromatic carbocycles. The molecular formula is C12H15BrN2O5. The Morgan fingerprint density at radius 1 is 1.40 bits per heavy atom. The predicted molar refractivity (Wildman–Crippen MR) is 76.0 cm³/mol. The molecule has 4 N–H and O–H groups in total. The van der Waals surface area contributed by atoms with Crippen LogP contribution in [0.3, 0.4) is 0 Å². The maximum absolute atomic E-state index is 11.7. The van der Waals surface area contributed by atoms with Gasteiger partial charge in [0.25, 0.3) is 0 Å². The van der Waals surface area contributed by atoms with Gasteiger partial charge in [-0.15, -0.1) is 0 Å². The number of aliphatic hydroxyl groups is 1. The van der Waals surface area contributed by atoms with Crippen molar-refractivity contribution in [2.45, 2.75) is 19.1 Å². The van der Waals surface area contributed by atoms with Gasteiger partial charge in [0.15, 0.2) is 6.04 Å². The number of halogens is 1. The summed E-state index contributed by atoms with van der Waals surface area (Å²) in [6.07, 6.45) is -1.22. The lowest BCUT2D eigenvalue weighted by Gasteiger charge is -2.18. The third kappa shape index (κ3) is 4.39. The quantitative estimate of drug-likeness (QED) is 0.644. The first kappa shape index (κ1) is 16.3. The third-order valence-corrected chi connectivity index (χ3v) is 2.94. The molecule has 7 nitrogen and oxygen atoms in total. The number of aliphatic hydroxyl groups excluding tert-OH is 1. The van der Waals surface area contributed by atoms with E-state index in [0.29, 0.717) is 11.4 Å². The van der Waals surface area contributed by atoms with Crippen molar-refractivity contribution >= 4 is 33.6 Å². The van der Waals surface area contributed by atoms with Gasteiger partial charge < -0.3 is 25.6 Å². The Labute approximate surface area is 124 Å². The Morgan fingerprint density at radius 3 is 2.55 bits per heavy atom. The fraction of sp³-hybridized carbons (Fsp3) is 0.333. The Kier molecular flexibility index (Phi) is 5.78. The van der Waals surface area contributed by atoms with Gasteiger partial charge in [-0.25, -0.2) is 9.59 Å². The molecule has 110 valence electrons. The van der Waals surface area contributed by atoms with Crippen LogP contribution in [0.4, 0.5) is 10.5 Å². The summed E-state index contributed by atoms with van der Waals surface area (Å²) >= 11 is 3.25. The summed E-state index contributed by atoms with van der Waals surface area (Å²) in [5, 5.41) is 22.8. The van der Waals surface area contributed by atoms with Gasteiger partial charge in [0.2, 0.25) is 0 Å². The zero-order chi connectivity index (χ0) is 15.3. The lowest BCUT2D eigenvalue weighted by Crippen LogP contribution is -2.49. The number of benzene rings is 1. The lowest BCUT2D eigenvalue weighted by molar-refractivity contribution is -0.141. The van der Waals surface area contributed by atoms with E-state index in [0.717, 1.165) is 4.47 Å². The number of hydrogen-bond acceptors (Lipinski definition) is 4. The summed E-state index contributed by atoms with van der Waals surface area (Å²) in [4.78, 5) is 22.6. The molecule has 0 aliphatic carbocycles. The van der Waals surface area contributed by atoms with Crippen molar-refractivity contribution in [3.8, 4) is 5.75 Å². The lowest BCUT2D eigenvalue weighted by atomic mass is 10.2. The number of ether oxygens (including phenoxy) is 1. The molecule has 0 bridgehead atoms. The van der Waals surface area contributed by atoms with Crippen LogP contribution in [-0.2, 0) is 4.79 Å². The number of amides is 2. The molecule has 2 atom stereocenters. The summed E-state index contributed by atoms with van der Waals surface area (Å²) in [6.45, 7) is 1.28. The second-order valence-corrected chi connectivity index (χ2v) is 4.92. The summed E-state index contributed by atoms with van der Waals surface area (Å²) in [6, 6.07) is 2.83. The molecule has 8 heteroatoms. The normalized spacial score (nSPS) is 13.2. The predicted octanol–water partition coefficient (Wildman–Crippen LogP) is 1.41. The number of hydrogen-bond donors (Lipinski definition) is 4. The highest BCUT2D eigenvalue weighted by Gasteiger charge is 2.25. The Hall–Kier alpha value is -1.80. The number of methoxy groups -OCH3 is 1. The molecular weight excluding hydrogens is 332 g/mol. The second kappa shape index (κ2) is 7.11. The van der Waals surface area contributed by atoms with Gasteiger partial charge in [-0.2, -0.15) is 0 Å². The van der Waals surface area contributed by atoms with Gasteiger partial charge in [-0.1, -0.05) is 15.9 Å². The highest BCUT2D eigenvalue weighted by Crippen LogP contribution is 2.27. The van der Waals surface area contributed by atoms with Crippen molar-refractivity contribution in [3.63, 3.8) is 0 Å². The van der Waals surface area contributed by atoms with Crippen LogP contribution in [0.25, 0.3) is 0 Å². The molecule has 1 aromatic rings. The number of carbonyl (C=O) groups excluding carboxylic acids is 1. The van der Waals surface area contributed by atoms with E-state index in [4.69, 9.17) is 9.84 Å². The van der Waals surface area contributed by atoms with Crippen LogP contribution in [-0.4, -0.2) is 41.5 Å². The van der Waals surface area contributed by atoms with Crippen LogP contribution in [0.2, 0.25) is 0 Å². The summed E-state index contributed by atoms with van der Waals surface area (Å²) in [5.41, 5.74) is 0.370. The number of carbonyl (C=O) groups is 2. The van der Waals surface area contributed by atoms with Crippen molar-refractivity contribution in [1.82, 2.24) is 5.32 Å². The number of aliphatic carboxylic acids is 1. The molecule has 0 aromatic heterocycles. The molecule has 0 fully saturated rings. The van der Waals surface area contributed by atoms with E-state index in [-0.39, 0.29) is 0 Å². The topological polar surface area (TPSA) is 108 Å². The van der Waals surface area contributed by atoms with E-state index in [2.05, 4.69) is 26.6 Å². The first-order chi connectivity index (χ1) is 9.35. The van der Waals surface area contributed by atoms with Crippen LogP contribution < -0.4 is 15.4 Å². The van der Waals surface area contributed by atoms with E-state index >= 15 is 0 Å². The average molecular weight is 347 g/mol. The van der Waals surface area contributed by atoms with Gasteiger partial charge >= 0.3 is 12.0 Å². The van der Waals surface area contributed by atoms with E-state index in [9.17, 15) is 14.7 Å². The summed E-state index contributed by atoms with van der Waals surface area (Å²) in [7, 11) is 1.45. The van der Waals surface area contributed by atoms with E-state index in [1.165, 1.54) is 14.0 Å². The van der Waals surface area contributed by atoms with E-state index < -0.39 is 24.1 Å². The molecule has 0 radical (unpaired) electrons. The number of carboxylic acids is 1. The number of nitrogens with one attached hydrogen (secondary N) is 2. The van der Waals surface area contributed by atoms with Crippen molar-refractivity contribution in [2.75, 3.05) is 12.4 Å². The smallest absolute Gasteiger partial charge is 0.328 e. The van der Waals surface area contributed by atoms with Crippen molar-refractivity contribution in [3.05, 3.63) is 22.7 Å². The molecule has 1 rings (SSSR count). The highest BCUT2D eigenvalue weighted by molar-refractivity contribution is 9.10. The minimum Gasteiger partial charge on any atom is -0.495 e. The molecule has 0 saturated carbocycles. The number of rotatable bonds is 5.